The molecule has 3 aliphatic heterocycles. The van der Waals surface area contributed by atoms with E-state index in [1.807, 2.05) is 10.2 Å². The maximum absolute atomic E-state index is 14.8. The topological polar surface area (TPSA) is 104 Å². The van der Waals surface area contributed by atoms with Gasteiger partial charge in [-0.15, -0.1) is 11.3 Å². The van der Waals surface area contributed by atoms with E-state index >= 15 is 0 Å². The van der Waals surface area contributed by atoms with Crippen LogP contribution in [-0.2, 0) is 17.3 Å². The van der Waals surface area contributed by atoms with Crippen LogP contribution in [0.15, 0.2) is 72.9 Å². The van der Waals surface area contributed by atoms with Crippen LogP contribution in [0.3, 0.4) is 0 Å². The zero-order valence-electron chi connectivity index (χ0n) is 29.6. The Balaban J connectivity index is 1.01. The lowest BCUT2D eigenvalue weighted by molar-refractivity contribution is -0.137. The number of alkyl halides is 3. The minimum Gasteiger partial charge on any atom is -0.381 e. The Kier molecular flexibility index (Phi) is 9.76. The molecule has 3 aliphatic rings. The largest absolute Gasteiger partial charge is 0.418 e. The van der Waals surface area contributed by atoms with E-state index in [1.54, 1.807) is 0 Å². The predicted molar refractivity (Wildman–Crippen MR) is 198 cm³/mol. The molecule has 0 bridgehead atoms. The highest BCUT2D eigenvalue weighted by Crippen LogP contribution is 2.45. The molecule has 0 saturated carbocycles. The number of amides is 3. The van der Waals surface area contributed by atoms with Crippen molar-refractivity contribution in [1.82, 2.24) is 4.98 Å². The fourth-order valence-electron chi connectivity index (χ4n) is 7.46. The number of rotatable bonds is 6. The minimum absolute atomic E-state index is 0.0306. The first-order valence-corrected chi connectivity index (χ1v) is 18.5. The second kappa shape index (κ2) is 14.6. The lowest BCUT2D eigenvalue weighted by Gasteiger charge is -2.53. The van der Waals surface area contributed by atoms with Crippen molar-refractivity contribution in [3.63, 3.8) is 0 Å². The molecule has 2 N–H and O–H groups in total. The van der Waals surface area contributed by atoms with Gasteiger partial charge < -0.3 is 25.2 Å². The van der Waals surface area contributed by atoms with Crippen LogP contribution in [0.2, 0.25) is 0 Å². The van der Waals surface area contributed by atoms with E-state index in [9.17, 15) is 45.1 Å². The van der Waals surface area contributed by atoms with Crippen molar-refractivity contribution >= 4 is 51.9 Å². The second-order valence-electron chi connectivity index (χ2n) is 14.1. The van der Waals surface area contributed by atoms with Gasteiger partial charge in [-0.25, -0.2) is 22.5 Å². The average Bonchev–Trinajstić information content (AvgIpc) is 3.54. The summed E-state index contributed by atoms with van der Waals surface area (Å²) in [6.45, 7) is 2.56. The SMILES string of the molecule is O=C(Nc1c(F)cccc1C(F)(F)F)c1cc2c(s1)-c1cc(F)c(F)cc1N(C(=O)c1ccc(NC(=O)c3cc(F)cnc3N3CC4(CCOCC4)C3)cc1)CC2. The molecule has 0 radical (unpaired) electrons. The monoisotopic (exact) mass is 809 g/mol. The fraction of sp³-hybridized carbons (Fsp3) is 0.250. The van der Waals surface area contributed by atoms with Gasteiger partial charge in [0.05, 0.1) is 33.6 Å². The second-order valence-corrected chi connectivity index (χ2v) is 15.1. The Morgan fingerprint density at radius 2 is 1.56 bits per heavy atom. The Morgan fingerprint density at radius 1 is 0.842 bits per heavy atom. The summed E-state index contributed by atoms with van der Waals surface area (Å²) in [6, 6.07) is 12.2. The molecule has 294 valence electrons. The molecule has 9 nitrogen and oxygen atoms in total. The highest BCUT2D eigenvalue weighted by molar-refractivity contribution is 7.17. The van der Waals surface area contributed by atoms with E-state index in [1.165, 1.54) is 35.2 Å². The van der Waals surface area contributed by atoms with E-state index in [4.69, 9.17) is 4.74 Å². The number of fused-ring (bicyclic) bond motifs is 3. The summed E-state index contributed by atoms with van der Waals surface area (Å²) in [4.78, 5) is 48.1. The first-order valence-electron chi connectivity index (χ1n) is 17.7. The molecule has 3 amide bonds. The molecule has 0 unspecified atom stereocenters. The van der Waals surface area contributed by atoms with Crippen molar-refractivity contribution < 1.29 is 49.9 Å². The lowest BCUT2D eigenvalue weighted by atomic mass is 9.73. The molecule has 5 aromatic rings. The van der Waals surface area contributed by atoms with Gasteiger partial charge in [-0.1, -0.05) is 6.07 Å². The number of ether oxygens (including phenoxy) is 1. The number of halogens is 7. The molecule has 2 saturated heterocycles. The van der Waals surface area contributed by atoms with Gasteiger partial charge in [-0.3, -0.25) is 14.4 Å². The van der Waals surface area contributed by atoms with Gasteiger partial charge in [-0.05, 0) is 79.4 Å². The van der Waals surface area contributed by atoms with Gasteiger partial charge in [0.2, 0.25) is 0 Å². The number of nitrogens with zero attached hydrogens (tertiary/aromatic N) is 3. The third-order valence-electron chi connectivity index (χ3n) is 10.4. The lowest BCUT2D eigenvalue weighted by Crippen LogP contribution is -2.59. The van der Waals surface area contributed by atoms with E-state index in [0.717, 1.165) is 60.7 Å². The van der Waals surface area contributed by atoms with Gasteiger partial charge in [0, 0.05) is 66.0 Å². The highest BCUT2D eigenvalue weighted by atomic mass is 32.1. The number of para-hydroxylation sites is 1. The van der Waals surface area contributed by atoms with Crippen molar-refractivity contribution in [1.29, 1.82) is 0 Å². The number of nitrogens with one attached hydrogen (secondary N) is 2. The molecule has 2 aromatic heterocycles. The van der Waals surface area contributed by atoms with Gasteiger partial charge >= 0.3 is 6.18 Å². The van der Waals surface area contributed by atoms with E-state index in [2.05, 4.69) is 10.3 Å². The zero-order valence-corrected chi connectivity index (χ0v) is 30.4. The Labute approximate surface area is 324 Å². The van der Waals surface area contributed by atoms with Crippen molar-refractivity contribution in [2.75, 3.05) is 53.3 Å². The molecular formula is C40H30F7N5O4S. The minimum atomic E-state index is -4.96. The van der Waals surface area contributed by atoms with Crippen LogP contribution in [0.1, 0.15) is 54.4 Å². The maximum atomic E-state index is 14.8. The summed E-state index contributed by atoms with van der Waals surface area (Å²) in [7, 11) is 0. The number of anilines is 4. The summed E-state index contributed by atoms with van der Waals surface area (Å²) in [5.74, 6) is -6.41. The standard InChI is InChI=1S/C40H30F7N5O4S/c41-23-15-26(35(48-18-23)51-19-39(20-51)9-12-56-13-10-39)36(53)49-24-6-4-21(5-7-24)38(55)52-11-8-22-14-32(57-34(22)25-16-29(43)30(44)17-31(25)52)37(54)50-33-27(40(45,46)47)2-1-3-28(33)42/h1-7,14-18H,8-13,19-20H2,(H,49,53)(H,50,54). The third-order valence-corrected chi connectivity index (χ3v) is 11.6. The summed E-state index contributed by atoms with van der Waals surface area (Å²) >= 11 is 0.763. The molecule has 0 atom stereocenters. The smallest absolute Gasteiger partial charge is 0.381 e. The maximum Gasteiger partial charge on any atom is 0.418 e. The number of thiophene rings is 1. The van der Waals surface area contributed by atoms with Crippen molar-refractivity contribution in [2.24, 2.45) is 5.41 Å². The van der Waals surface area contributed by atoms with E-state index < -0.39 is 58.4 Å². The van der Waals surface area contributed by atoms with Crippen molar-refractivity contribution in [3.05, 3.63) is 123 Å². The van der Waals surface area contributed by atoms with Crippen LogP contribution < -0.4 is 20.4 Å². The van der Waals surface area contributed by atoms with Crippen LogP contribution in [0.4, 0.5) is 53.6 Å². The van der Waals surface area contributed by atoms with Gasteiger partial charge in [0.15, 0.2) is 11.6 Å². The van der Waals surface area contributed by atoms with Crippen LogP contribution >= 0.6 is 11.3 Å². The van der Waals surface area contributed by atoms with Gasteiger partial charge in [0.1, 0.15) is 17.5 Å². The molecule has 3 aromatic carbocycles. The molecule has 0 aliphatic carbocycles. The number of aromatic nitrogens is 1. The van der Waals surface area contributed by atoms with Crippen molar-refractivity contribution in [2.45, 2.75) is 25.4 Å². The molecule has 8 rings (SSSR count). The van der Waals surface area contributed by atoms with Crippen molar-refractivity contribution in [3.8, 4) is 10.4 Å². The summed E-state index contributed by atoms with van der Waals surface area (Å²) in [5.41, 5.74) is -1.49. The van der Waals surface area contributed by atoms with Gasteiger partial charge in [0.25, 0.3) is 17.7 Å². The molecule has 1 spiro atoms. The molecule has 5 heterocycles. The predicted octanol–water partition coefficient (Wildman–Crippen LogP) is 8.71. The Morgan fingerprint density at radius 3 is 2.28 bits per heavy atom. The van der Waals surface area contributed by atoms with E-state index in [-0.39, 0.29) is 56.2 Å². The summed E-state index contributed by atoms with van der Waals surface area (Å²) in [5, 5.41) is 4.72. The van der Waals surface area contributed by atoms with Gasteiger partial charge in [-0.2, -0.15) is 13.2 Å². The van der Waals surface area contributed by atoms with Crippen LogP contribution in [0.5, 0.6) is 0 Å². The number of carbonyl (C=O) groups excluding carboxylic acids is 3. The fourth-order valence-corrected chi connectivity index (χ4v) is 8.59. The molecule has 2 fully saturated rings. The summed E-state index contributed by atoms with van der Waals surface area (Å²) in [6.07, 6.45) is -2.06. The first kappa shape index (κ1) is 38.1. The number of hydrogen-bond donors (Lipinski definition) is 2. The van der Waals surface area contributed by atoms with Crippen LogP contribution in [0.25, 0.3) is 10.4 Å². The normalized spacial score (nSPS) is 16.0. The first-order chi connectivity index (χ1) is 27.2. The molecule has 17 heteroatoms. The Bertz CT molecular complexity index is 2420. The number of hydrogen-bond acceptors (Lipinski definition) is 7. The molecular weight excluding hydrogens is 780 g/mol. The van der Waals surface area contributed by atoms with E-state index in [0.29, 0.717) is 43.8 Å². The number of carbonyl (C=O) groups is 3. The number of benzene rings is 3. The van der Waals surface area contributed by atoms with Crippen LogP contribution in [-0.4, -0.2) is 55.6 Å². The average molecular weight is 810 g/mol. The highest BCUT2D eigenvalue weighted by Gasteiger charge is 2.45. The number of pyridine rings is 1. The third kappa shape index (κ3) is 7.32. The quantitative estimate of drug-likeness (QED) is 0.167. The van der Waals surface area contributed by atoms with Crippen LogP contribution in [0, 0.1) is 28.7 Å². The zero-order chi connectivity index (χ0) is 40.2. The summed E-state index contributed by atoms with van der Waals surface area (Å²) < 4.78 is 104. The Hall–Kier alpha value is -5.81. The molecule has 57 heavy (non-hydrogen) atoms.